The van der Waals surface area contributed by atoms with Gasteiger partial charge in [0.25, 0.3) is 0 Å². The van der Waals surface area contributed by atoms with E-state index in [1.807, 2.05) is 0 Å². The van der Waals surface area contributed by atoms with E-state index < -0.39 is 18.5 Å². The van der Waals surface area contributed by atoms with Gasteiger partial charge in [-0.3, -0.25) is 4.79 Å². The van der Waals surface area contributed by atoms with Crippen molar-refractivity contribution in [2.45, 2.75) is 12.6 Å². The number of carbonyl (C=O) groups is 1. The zero-order valence-electron chi connectivity index (χ0n) is 8.83. The van der Waals surface area contributed by atoms with E-state index in [1.165, 1.54) is 0 Å². The molecule has 0 N–H and O–H groups in total. The fourth-order valence-electron chi connectivity index (χ4n) is 1.70. The Kier molecular flexibility index (Phi) is 2.95. The first kappa shape index (κ1) is 11.8. The lowest BCUT2D eigenvalue weighted by Gasteiger charge is -2.29. The van der Waals surface area contributed by atoms with Crippen molar-refractivity contribution in [2.24, 2.45) is 0 Å². The first-order valence-electron chi connectivity index (χ1n) is 5.06. The molecule has 0 saturated carbocycles. The maximum atomic E-state index is 12.2. The molecule has 0 bridgehead atoms. The normalized spacial score (nSPS) is 15.1. The molecule has 6 heteroatoms. The molecule has 2 rings (SSSR count). The predicted molar refractivity (Wildman–Crippen MR) is 55.0 cm³/mol. The van der Waals surface area contributed by atoms with E-state index >= 15 is 0 Å². The van der Waals surface area contributed by atoms with Crippen LogP contribution in [0.5, 0.6) is 5.75 Å². The van der Waals surface area contributed by atoms with E-state index in [-0.39, 0.29) is 13.2 Å². The Morgan fingerprint density at radius 1 is 1.35 bits per heavy atom. The summed E-state index contributed by atoms with van der Waals surface area (Å²) in [5.41, 5.74) is 0.396. The van der Waals surface area contributed by atoms with E-state index in [0.29, 0.717) is 11.4 Å². The number of ether oxygens (including phenoxy) is 1. The number of hydrogen-bond donors (Lipinski definition) is 0. The lowest BCUT2D eigenvalue weighted by molar-refractivity contribution is -0.152. The van der Waals surface area contributed by atoms with Crippen molar-refractivity contribution in [3.8, 4) is 5.75 Å². The molecule has 1 aromatic rings. The summed E-state index contributed by atoms with van der Waals surface area (Å²) in [6, 6.07) is 6.56. The van der Waals surface area contributed by atoms with E-state index in [4.69, 9.17) is 4.74 Å². The van der Waals surface area contributed by atoms with E-state index in [2.05, 4.69) is 0 Å². The molecule has 92 valence electrons. The van der Waals surface area contributed by atoms with Gasteiger partial charge in [-0.1, -0.05) is 12.1 Å². The second-order valence-corrected chi connectivity index (χ2v) is 3.65. The van der Waals surface area contributed by atoms with E-state index in [0.717, 1.165) is 4.90 Å². The number of halogens is 3. The van der Waals surface area contributed by atoms with Crippen LogP contribution >= 0.6 is 0 Å². The third-order valence-corrected chi connectivity index (χ3v) is 2.38. The van der Waals surface area contributed by atoms with Crippen molar-refractivity contribution in [1.29, 1.82) is 0 Å². The van der Waals surface area contributed by atoms with Gasteiger partial charge in [0.1, 0.15) is 18.8 Å². The fourth-order valence-corrected chi connectivity index (χ4v) is 1.70. The molecule has 0 atom stereocenters. The van der Waals surface area contributed by atoms with E-state index in [1.54, 1.807) is 24.3 Å². The second-order valence-electron chi connectivity index (χ2n) is 3.65. The summed E-state index contributed by atoms with van der Waals surface area (Å²) >= 11 is 0. The third-order valence-electron chi connectivity index (χ3n) is 2.38. The maximum absolute atomic E-state index is 12.2. The highest BCUT2D eigenvalue weighted by atomic mass is 19.4. The lowest BCUT2D eigenvalue weighted by atomic mass is 10.2. The molecule has 0 fully saturated rings. The van der Waals surface area contributed by atoms with Gasteiger partial charge in [-0.15, -0.1) is 0 Å². The monoisotopic (exact) mass is 245 g/mol. The Morgan fingerprint density at radius 3 is 2.76 bits per heavy atom. The molecule has 0 radical (unpaired) electrons. The molecule has 17 heavy (non-hydrogen) atoms. The first-order chi connectivity index (χ1) is 7.97. The first-order valence-corrected chi connectivity index (χ1v) is 5.06. The summed E-state index contributed by atoms with van der Waals surface area (Å²) in [6.07, 6.45) is -5.92. The number of benzene rings is 1. The summed E-state index contributed by atoms with van der Waals surface area (Å²) in [6.45, 7) is 0.354. The Hall–Kier alpha value is -1.72. The second kappa shape index (κ2) is 4.27. The largest absolute Gasteiger partial charge is 0.490 e. The molecule has 3 nitrogen and oxygen atoms in total. The summed E-state index contributed by atoms with van der Waals surface area (Å²) in [7, 11) is 0. The number of para-hydroxylation sites is 2. The molecule has 0 aromatic heterocycles. The molecular formula is C11H10F3NO2. The number of carbonyl (C=O) groups excluding carboxylic acids is 1. The van der Waals surface area contributed by atoms with Gasteiger partial charge in [0.2, 0.25) is 5.91 Å². The van der Waals surface area contributed by atoms with Crippen molar-refractivity contribution in [3.63, 3.8) is 0 Å². The molecule has 1 aliphatic heterocycles. The van der Waals surface area contributed by atoms with Gasteiger partial charge in [0.15, 0.2) is 0 Å². The highest BCUT2D eigenvalue weighted by Crippen LogP contribution is 2.32. The smallest absolute Gasteiger partial charge is 0.397 e. The number of fused-ring (bicyclic) bond motifs is 1. The van der Waals surface area contributed by atoms with E-state index in [9.17, 15) is 18.0 Å². The number of alkyl halides is 3. The Morgan fingerprint density at radius 2 is 2.06 bits per heavy atom. The average Bonchev–Trinajstić information content (AvgIpc) is 2.26. The zero-order valence-corrected chi connectivity index (χ0v) is 8.83. The molecule has 1 amide bonds. The van der Waals surface area contributed by atoms with Crippen molar-refractivity contribution >= 4 is 11.6 Å². The van der Waals surface area contributed by atoms with Crippen LogP contribution in [0.2, 0.25) is 0 Å². The van der Waals surface area contributed by atoms with Crippen LogP contribution in [0, 0.1) is 0 Å². The van der Waals surface area contributed by atoms with Gasteiger partial charge in [-0.05, 0) is 12.1 Å². The number of amides is 1. The minimum atomic E-state index is -4.48. The number of anilines is 1. The third kappa shape index (κ3) is 2.69. The van der Waals surface area contributed by atoms with Gasteiger partial charge < -0.3 is 9.64 Å². The highest BCUT2D eigenvalue weighted by Gasteiger charge is 2.35. The molecule has 1 aliphatic rings. The standard InChI is InChI=1S/C11H10F3NO2/c12-11(13,14)7-10(16)15-5-6-17-9-4-2-1-3-8(9)15/h1-4H,5-7H2. The zero-order chi connectivity index (χ0) is 12.5. The van der Waals surface area contributed by atoms with Gasteiger partial charge in [0, 0.05) is 0 Å². The van der Waals surface area contributed by atoms with Crippen molar-refractivity contribution < 1.29 is 22.7 Å². The van der Waals surface area contributed by atoms with Crippen LogP contribution in [-0.2, 0) is 4.79 Å². The summed E-state index contributed by atoms with van der Waals surface area (Å²) in [5, 5.41) is 0. The van der Waals surface area contributed by atoms with Crippen LogP contribution in [0.4, 0.5) is 18.9 Å². The Balaban J connectivity index is 2.21. The Labute approximate surface area is 95.8 Å². The number of rotatable bonds is 1. The molecule has 1 heterocycles. The quantitative estimate of drug-likeness (QED) is 0.760. The van der Waals surface area contributed by atoms with Crippen molar-refractivity contribution in [1.82, 2.24) is 0 Å². The SMILES string of the molecule is O=C(CC(F)(F)F)N1CCOc2ccccc21. The highest BCUT2D eigenvalue weighted by molar-refractivity contribution is 5.95. The molecular weight excluding hydrogens is 235 g/mol. The average molecular weight is 245 g/mol. The summed E-state index contributed by atoms with van der Waals surface area (Å²) in [4.78, 5) is 12.6. The van der Waals surface area contributed by atoms with Crippen LogP contribution in [0.15, 0.2) is 24.3 Å². The molecule has 0 unspecified atom stereocenters. The minimum Gasteiger partial charge on any atom is -0.490 e. The van der Waals surface area contributed by atoms with Crippen LogP contribution in [-0.4, -0.2) is 25.2 Å². The molecule has 1 aromatic carbocycles. The molecule has 0 aliphatic carbocycles. The van der Waals surface area contributed by atoms with Crippen LogP contribution in [0.1, 0.15) is 6.42 Å². The molecule has 0 saturated heterocycles. The Bertz CT molecular complexity index is 431. The van der Waals surface area contributed by atoms with Gasteiger partial charge in [0.05, 0.1) is 12.2 Å². The lowest BCUT2D eigenvalue weighted by Crippen LogP contribution is -2.39. The number of nitrogens with zero attached hydrogens (tertiary/aromatic N) is 1. The van der Waals surface area contributed by atoms with Gasteiger partial charge in [-0.2, -0.15) is 13.2 Å². The summed E-state index contributed by atoms with van der Waals surface area (Å²) < 4.78 is 41.7. The van der Waals surface area contributed by atoms with Crippen molar-refractivity contribution in [2.75, 3.05) is 18.1 Å². The maximum Gasteiger partial charge on any atom is 0.397 e. The predicted octanol–water partition coefficient (Wildman–Crippen LogP) is 2.36. The number of hydrogen-bond acceptors (Lipinski definition) is 2. The van der Waals surface area contributed by atoms with Crippen LogP contribution in [0.3, 0.4) is 0 Å². The topological polar surface area (TPSA) is 29.5 Å². The van der Waals surface area contributed by atoms with Crippen LogP contribution in [0.25, 0.3) is 0 Å². The van der Waals surface area contributed by atoms with Crippen LogP contribution < -0.4 is 9.64 Å². The van der Waals surface area contributed by atoms with Gasteiger partial charge in [-0.25, -0.2) is 0 Å². The molecule has 0 spiro atoms. The van der Waals surface area contributed by atoms with Gasteiger partial charge >= 0.3 is 6.18 Å². The minimum absolute atomic E-state index is 0.145. The van der Waals surface area contributed by atoms with Crippen molar-refractivity contribution in [3.05, 3.63) is 24.3 Å². The summed E-state index contributed by atoms with van der Waals surface area (Å²) in [5.74, 6) is -0.512. The fraction of sp³-hybridized carbons (Fsp3) is 0.364.